The Morgan fingerprint density at radius 2 is 1.56 bits per heavy atom. The van der Waals surface area contributed by atoms with Crippen molar-refractivity contribution in [2.24, 2.45) is 10.8 Å². The molecule has 18 heavy (non-hydrogen) atoms. The molecular formula is C15H30O3. The maximum Gasteiger partial charge on any atom is 0.308 e. The fraction of sp³-hybridized carbons (Fsp3) is 0.933. The van der Waals surface area contributed by atoms with E-state index in [0.29, 0.717) is 0 Å². The number of hydrogen-bond donors (Lipinski definition) is 1. The maximum atomic E-state index is 11.8. The van der Waals surface area contributed by atoms with Gasteiger partial charge in [-0.1, -0.05) is 41.5 Å². The molecule has 0 aliphatic heterocycles. The minimum atomic E-state index is -0.656. The van der Waals surface area contributed by atoms with Crippen LogP contribution in [0, 0.1) is 10.8 Å². The molecule has 108 valence electrons. The zero-order valence-electron chi connectivity index (χ0n) is 13.3. The number of esters is 1. The topological polar surface area (TPSA) is 46.5 Å². The van der Waals surface area contributed by atoms with Crippen LogP contribution in [0.4, 0.5) is 0 Å². The van der Waals surface area contributed by atoms with Gasteiger partial charge >= 0.3 is 5.97 Å². The molecule has 0 saturated heterocycles. The van der Waals surface area contributed by atoms with Gasteiger partial charge in [0.15, 0.2) is 0 Å². The molecule has 0 fully saturated rings. The van der Waals surface area contributed by atoms with Crippen LogP contribution in [0.25, 0.3) is 0 Å². The highest BCUT2D eigenvalue weighted by molar-refractivity contribution is 5.70. The van der Waals surface area contributed by atoms with E-state index in [1.165, 1.54) is 0 Å². The van der Waals surface area contributed by atoms with Crippen molar-refractivity contribution in [1.82, 2.24) is 0 Å². The number of hydrogen-bond acceptors (Lipinski definition) is 3. The van der Waals surface area contributed by atoms with Crippen LogP contribution in [-0.4, -0.2) is 22.8 Å². The van der Waals surface area contributed by atoms with E-state index in [0.717, 1.165) is 6.42 Å². The van der Waals surface area contributed by atoms with Gasteiger partial charge in [0.25, 0.3) is 0 Å². The lowest BCUT2D eigenvalue weighted by Crippen LogP contribution is -2.47. The van der Waals surface area contributed by atoms with E-state index in [1.807, 2.05) is 6.92 Å². The van der Waals surface area contributed by atoms with E-state index in [4.69, 9.17) is 4.74 Å². The molecule has 3 nitrogen and oxygen atoms in total. The maximum absolute atomic E-state index is 11.8. The third-order valence-corrected chi connectivity index (χ3v) is 3.26. The van der Waals surface area contributed by atoms with Crippen molar-refractivity contribution in [3.8, 4) is 0 Å². The first-order valence-corrected chi connectivity index (χ1v) is 6.67. The summed E-state index contributed by atoms with van der Waals surface area (Å²) in [6.45, 7) is 16.2. The van der Waals surface area contributed by atoms with Crippen molar-refractivity contribution < 1.29 is 14.6 Å². The van der Waals surface area contributed by atoms with Gasteiger partial charge in [0.2, 0.25) is 0 Å². The average molecular weight is 258 g/mol. The van der Waals surface area contributed by atoms with Gasteiger partial charge in [-0.15, -0.1) is 0 Å². The van der Waals surface area contributed by atoms with E-state index >= 15 is 0 Å². The van der Waals surface area contributed by atoms with Crippen molar-refractivity contribution in [2.75, 3.05) is 0 Å². The molecule has 0 aliphatic rings. The summed E-state index contributed by atoms with van der Waals surface area (Å²) in [5.41, 5.74) is -0.598. The molecule has 0 radical (unpaired) electrons. The Bertz CT molecular complexity index is 281. The SMILES string of the molecule is CC(O)CC(=O)OC(C)(CC(C)(C)C)C(C)(C)C. The van der Waals surface area contributed by atoms with Gasteiger partial charge in [0, 0.05) is 5.41 Å². The summed E-state index contributed by atoms with van der Waals surface area (Å²) in [7, 11) is 0. The van der Waals surface area contributed by atoms with E-state index in [2.05, 4.69) is 41.5 Å². The Morgan fingerprint density at radius 1 is 1.11 bits per heavy atom. The van der Waals surface area contributed by atoms with Crippen LogP contribution >= 0.6 is 0 Å². The first kappa shape index (κ1) is 17.4. The van der Waals surface area contributed by atoms with Crippen LogP contribution in [0.1, 0.15) is 68.2 Å². The van der Waals surface area contributed by atoms with Crippen LogP contribution in [0.15, 0.2) is 0 Å². The monoisotopic (exact) mass is 258 g/mol. The van der Waals surface area contributed by atoms with E-state index in [9.17, 15) is 9.90 Å². The molecule has 0 aliphatic carbocycles. The van der Waals surface area contributed by atoms with Crippen LogP contribution in [0.5, 0.6) is 0 Å². The Kier molecular flexibility index (Phi) is 5.42. The summed E-state index contributed by atoms with van der Waals surface area (Å²) < 4.78 is 5.69. The largest absolute Gasteiger partial charge is 0.459 e. The minimum absolute atomic E-state index is 0.0514. The second-order valence-electron chi connectivity index (χ2n) is 7.75. The quantitative estimate of drug-likeness (QED) is 0.784. The molecule has 0 rings (SSSR count). The summed E-state index contributed by atoms with van der Waals surface area (Å²) in [4.78, 5) is 11.8. The van der Waals surface area contributed by atoms with Crippen LogP contribution < -0.4 is 0 Å². The molecule has 0 heterocycles. The molecule has 2 atom stereocenters. The number of ether oxygens (including phenoxy) is 1. The fourth-order valence-electron chi connectivity index (χ4n) is 2.00. The van der Waals surface area contributed by atoms with Crippen molar-refractivity contribution >= 4 is 5.97 Å². The Morgan fingerprint density at radius 3 is 1.83 bits per heavy atom. The van der Waals surface area contributed by atoms with Crippen LogP contribution in [0.3, 0.4) is 0 Å². The van der Waals surface area contributed by atoms with E-state index in [-0.39, 0.29) is 23.2 Å². The molecule has 3 heteroatoms. The number of rotatable bonds is 4. The van der Waals surface area contributed by atoms with Crippen LogP contribution in [-0.2, 0) is 9.53 Å². The summed E-state index contributed by atoms with van der Waals surface area (Å²) in [6.07, 6.45) is 0.182. The van der Waals surface area contributed by atoms with E-state index < -0.39 is 11.7 Å². The molecule has 0 aromatic heterocycles. The Hall–Kier alpha value is -0.570. The van der Waals surface area contributed by atoms with Gasteiger partial charge < -0.3 is 9.84 Å². The molecule has 0 bridgehead atoms. The fourth-order valence-corrected chi connectivity index (χ4v) is 2.00. The highest BCUT2D eigenvalue weighted by atomic mass is 16.6. The highest BCUT2D eigenvalue weighted by Gasteiger charge is 2.43. The molecule has 0 aromatic carbocycles. The Balaban J connectivity index is 4.96. The number of carbonyl (C=O) groups is 1. The average Bonchev–Trinajstić information content (AvgIpc) is 1.94. The summed E-state index contributed by atoms with van der Waals surface area (Å²) in [6, 6.07) is 0. The highest BCUT2D eigenvalue weighted by Crippen LogP contribution is 2.42. The lowest BCUT2D eigenvalue weighted by molar-refractivity contribution is -0.177. The first-order chi connectivity index (χ1) is 7.77. The van der Waals surface area contributed by atoms with Crippen molar-refractivity contribution in [3.63, 3.8) is 0 Å². The van der Waals surface area contributed by atoms with E-state index in [1.54, 1.807) is 6.92 Å². The summed E-state index contributed by atoms with van der Waals surface area (Å²) in [5, 5.41) is 9.25. The number of aliphatic hydroxyl groups is 1. The molecule has 0 saturated carbocycles. The molecular weight excluding hydrogens is 228 g/mol. The van der Waals surface area contributed by atoms with Gasteiger partial charge in [0.05, 0.1) is 12.5 Å². The van der Waals surface area contributed by atoms with Crippen molar-refractivity contribution in [3.05, 3.63) is 0 Å². The minimum Gasteiger partial charge on any atom is -0.459 e. The predicted octanol–water partition coefficient (Wildman–Crippen LogP) is 3.54. The molecule has 2 unspecified atom stereocenters. The van der Waals surface area contributed by atoms with Gasteiger partial charge in [-0.3, -0.25) is 4.79 Å². The standard InChI is InChI=1S/C15H30O3/c1-11(16)9-12(17)18-15(8,14(5,6)7)10-13(2,3)4/h11,16H,9-10H2,1-8H3. The third-order valence-electron chi connectivity index (χ3n) is 3.26. The predicted molar refractivity (Wildman–Crippen MR) is 74.3 cm³/mol. The van der Waals surface area contributed by atoms with Crippen LogP contribution in [0.2, 0.25) is 0 Å². The molecule has 1 N–H and O–H groups in total. The van der Waals surface area contributed by atoms with Gasteiger partial charge in [-0.05, 0) is 25.7 Å². The lowest BCUT2D eigenvalue weighted by atomic mass is 9.69. The summed E-state index contributed by atoms with van der Waals surface area (Å²) in [5.74, 6) is -0.327. The van der Waals surface area contributed by atoms with Crippen molar-refractivity contribution in [2.45, 2.75) is 79.9 Å². The normalized spacial score (nSPS) is 18.1. The Labute approximate surface area is 112 Å². The van der Waals surface area contributed by atoms with Gasteiger partial charge in [0.1, 0.15) is 5.60 Å². The first-order valence-electron chi connectivity index (χ1n) is 6.67. The van der Waals surface area contributed by atoms with Gasteiger partial charge in [-0.2, -0.15) is 0 Å². The number of carbonyl (C=O) groups excluding carboxylic acids is 1. The molecule has 0 aromatic rings. The van der Waals surface area contributed by atoms with Crippen molar-refractivity contribution in [1.29, 1.82) is 0 Å². The molecule has 0 amide bonds. The smallest absolute Gasteiger partial charge is 0.308 e. The number of aliphatic hydroxyl groups excluding tert-OH is 1. The zero-order valence-corrected chi connectivity index (χ0v) is 13.3. The lowest BCUT2D eigenvalue weighted by Gasteiger charge is -2.44. The van der Waals surface area contributed by atoms with Gasteiger partial charge in [-0.25, -0.2) is 0 Å². The third kappa shape index (κ3) is 5.85. The molecule has 0 spiro atoms. The second-order valence-corrected chi connectivity index (χ2v) is 7.75. The second kappa shape index (κ2) is 5.60. The zero-order chi connectivity index (χ0) is 14.8. The summed E-state index contributed by atoms with van der Waals surface area (Å²) >= 11 is 0.